The van der Waals surface area contributed by atoms with E-state index in [1.165, 1.54) is 0 Å². The first-order chi connectivity index (χ1) is 12.9. The lowest BCUT2D eigenvalue weighted by Crippen LogP contribution is -2.36. The molecule has 1 amide bonds. The fourth-order valence-electron chi connectivity index (χ4n) is 2.64. The standard InChI is InChI=1S/C20H20BrN3O3/c1-12-7-13(2)9-17(8-12)26-14(3)20(25)22-11-18-23-19(24-27-18)15-5-4-6-16(21)10-15/h4-10,14H,11H2,1-3H3,(H,22,25)/t14-/m1/s1. The minimum atomic E-state index is -0.640. The van der Waals surface area contributed by atoms with Gasteiger partial charge in [0.15, 0.2) is 6.10 Å². The fourth-order valence-corrected chi connectivity index (χ4v) is 3.04. The topological polar surface area (TPSA) is 77.2 Å². The number of aromatic nitrogens is 2. The van der Waals surface area contributed by atoms with Gasteiger partial charge < -0.3 is 14.6 Å². The Balaban J connectivity index is 1.57. The third kappa shape index (κ3) is 5.17. The number of halogens is 1. The highest BCUT2D eigenvalue weighted by atomic mass is 79.9. The molecule has 0 spiro atoms. The Hall–Kier alpha value is -2.67. The Bertz CT molecular complexity index is 935. The van der Waals surface area contributed by atoms with Crippen molar-refractivity contribution < 1.29 is 14.1 Å². The van der Waals surface area contributed by atoms with Crippen molar-refractivity contribution in [3.8, 4) is 17.1 Å². The zero-order valence-electron chi connectivity index (χ0n) is 15.3. The van der Waals surface area contributed by atoms with Crippen LogP contribution >= 0.6 is 15.9 Å². The summed E-state index contributed by atoms with van der Waals surface area (Å²) in [4.78, 5) is 16.6. The molecule has 1 N–H and O–H groups in total. The summed E-state index contributed by atoms with van der Waals surface area (Å²) in [5.41, 5.74) is 3.00. The van der Waals surface area contributed by atoms with Gasteiger partial charge in [-0.3, -0.25) is 4.79 Å². The summed E-state index contributed by atoms with van der Waals surface area (Å²) in [7, 11) is 0. The molecular formula is C20H20BrN3O3. The monoisotopic (exact) mass is 429 g/mol. The number of nitrogens with one attached hydrogen (secondary N) is 1. The van der Waals surface area contributed by atoms with Crippen molar-refractivity contribution >= 4 is 21.8 Å². The van der Waals surface area contributed by atoms with Crippen LogP contribution in [-0.4, -0.2) is 22.2 Å². The van der Waals surface area contributed by atoms with Gasteiger partial charge in [0.1, 0.15) is 5.75 Å². The van der Waals surface area contributed by atoms with Crippen LogP contribution in [0.1, 0.15) is 23.9 Å². The number of rotatable bonds is 6. The lowest BCUT2D eigenvalue weighted by molar-refractivity contribution is -0.127. The first-order valence-corrected chi connectivity index (χ1v) is 9.31. The van der Waals surface area contributed by atoms with Crippen LogP contribution < -0.4 is 10.1 Å². The highest BCUT2D eigenvalue weighted by molar-refractivity contribution is 9.10. The number of hydrogen-bond donors (Lipinski definition) is 1. The van der Waals surface area contributed by atoms with E-state index in [-0.39, 0.29) is 12.5 Å². The van der Waals surface area contributed by atoms with Crippen molar-refractivity contribution in [2.45, 2.75) is 33.4 Å². The van der Waals surface area contributed by atoms with Gasteiger partial charge in [0.25, 0.3) is 5.91 Å². The number of carbonyl (C=O) groups excluding carboxylic acids is 1. The molecule has 27 heavy (non-hydrogen) atoms. The Labute approximate surface area is 166 Å². The average molecular weight is 430 g/mol. The smallest absolute Gasteiger partial charge is 0.261 e. The zero-order chi connectivity index (χ0) is 19.4. The van der Waals surface area contributed by atoms with Crippen molar-refractivity contribution in [3.63, 3.8) is 0 Å². The summed E-state index contributed by atoms with van der Waals surface area (Å²) in [6, 6.07) is 13.4. The largest absolute Gasteiger partial charge is 0.481 e. The van der Waals surface area contributed by atoms with Gasteiger partial charge in [-0.15, -0.1) is 0 Å². The van der Waals surface area contributed by atoms with Crippen molar-refractivity contribution in [2.75, 3.05) is 0 Å². The van der Waals surface area contributed by atoms with E-state index in [2.05, 4.69) is 37.5 Å². The molecule has 0 saturated heterocycles. The second-order valence-electron chi connectivity index (χ2n) is 6.32. The minimum Gasteiger partial charge on any atom is -0.481 e. The molecule has 0 fully saturated rings. The third-order valence-electron chi connectivity index (χ3n) is 3.84. The molecule has 0 unspecified atom stereocenters. The molecule has 6 nitrogen and oxygen atoms in total. The summed E-state index contributed by atoms with van der Waals surface area (Å²) in [5.74, 6) is 1.22. The summed E-state index contributed by atoms with van der Waals surface area (Å²) in [6.45, 7) is 5.82. The Morgan fingerprint density at radius 2 is 1.96 bits per heavy atom. The Kier molecular flexibility index (Phi) is 5.91. The maximum absolute atomic E-state index is 12.3. The SMILES string of the molecule is Cc1cc(C)cc(O[C@H](C)C(=O)NCc2nc(-c3cccc(Br)c3)no2)c1. The minimum absolute atomic E-state index is 0.139. The predicted octanol–water partition coefficient (Wildman–Crippen LogP) is 4.20. The van der Waals surface area contributed by atoms with E-state index in [9.17, 15) is 4.79 Å². The van der Waals surface area contributed by atoms with Gasteiger partial charge in [0.2, 0.25) is 11.7 Å². The molecule has 0 aliphatic heterocycles. The van der Waals surface area contributed by atoms with Crippen LogP contribution in [0.3, 0.4) is 0 Å². The van der Waals surface area contributed by atoms with Crippen LogP contribution in [0.5, 0.6) is 5.75 Å². The number of aryl methyl sites for hydroxylation is 2. The van der Waals surface area contributed by atoms with E-state index in [1.54, 1.807) is 6.92 Å². The highest BCUT2D eigenvalue weighted by Gasteiger charge is 2.16. The molecule has 7 heteroatoms. The van der Waals surface area contributed by atoms with E-state index < -0.39 is 6.10 Å². The van der Waals surface area contributed by atoms with Gasteiger partial charge in [0, 0.05) is 10.0 Å². The fraction of sp³-hybridized carbons (Fsp3) is 0.250. The van der Waals surface area contributed by atoms with E-state index >= 15 is 0 Å². The predicted molar refractivity (Wildman–Crippen MR) is 105 cm³/mol. The van der Waals surface area contributed by atoms with Crippen LogP contribution in [0.4, 0.5) is 0 Å². The van der Waals surface area contributed by atoms with Crippen LogP contribution in [0, 0.1) is 13.8 Å². The molecule has 3 rings (SSSR count). The molecule has 2 aromatic carbocycles. The van der Waals surface area contributed by atoms with Gasteiger partial charge in [-0.05, 0) is 56.2 Å². The second kappa shape index (κ2) is 8.35. The van der Waals surface area contributed by atoms with Crippen LogP contribution in [0.2, 0.25) is 0 Å². The van der Waals surface area contributed by atoms with E-state index in [1.807, 2.05) is 50.2 Å². The van der Waals surface area contributed by atoms with Crippen molar-refractivity contribution in [2.24, 2.45) is 0 Å². The van der Waals surface area contributed by atoms with Gasteiger partial charge in [-0.2, -0.15) is 4.98 Å². The molecule has 1 heterocycles. The normalized spacial score (nSPS) is 11.9. The highest BCUT2D eigenvalue weighted by Crippen LogP contribution is 2.20. The van der Waals surface area contributed by atoms with Gasteiger partial charge in [0.05, 0.1) is 6.54 Å². The molecule has 140 valence electrons. The zero-order valence-corrected chi connectivity index (χ0v) is 16.9. The molecular weight excluding hydrogens is 410 g/mol. The Morgan fingerprint density at radius 1 is 1.22 bits per heavy atom. The Morgan fingerprint density at radius 3 is 2.67 bits per heavy atom. The van der Waals surface area contributed by atoms with Gasteiger partial charge in [-0.25, -0.2) is 0 Å². The number of amides is 1. The maximum Gasteiger partial charge on any atom is 0.261 e. The molecule has 0 aliphatic carbocycles. The second-order valence-corrected chi connectivity index (χ2v) is 7.24. The molecule has 0 radical (unpaired) electrons. The number of benzene rings is 2. The summed E-state index contributed by atoms with van der Waals surface area (Å²) in [5, 5.41) is 6.70. The molecule has 1 atom stereocenters. The van der Waals surface area contributed by atoms with E-state index in [4.69, 9.17) is 9.26 Å². The van der Waals surface area contributed by atoms with Gasteiger partial charge in [-0.1, -0.05) is 39.3 Å². The maximum atomic E-state index is 12.3. The number of ether oxygens (including phenoxy) is 1. The quantitative estimate of drug-likeness (QED) is 0.635. The van der Waals surface area contributed by atoms with Crippen LogP contribution in [0.25, 0.3) is 11.4 Å². The summed E-state index contributed by atoms with van der Waals surface area (Å²) < 4.78 is 11.9. The van der Waals surface area contributed by atoms with Crippen molar-refractivity contribution in [1.29, 1.82) is 0 Å². The first-order valence-electron chi connectivity index (χ1n) is 8.52. The number of hydrogen-bond acceptors (Lipinski definition) is 5. The van der Waals surface area contributed by atoms with Crippen molar-refractivity contribution in [1.82, 2.24) is 15.5 Å². The average Bonchev–Trinajstić information content (AvgIpc) is 3.07. The van der Waals surface area contributed by atoms with Crippen LogP contribution in [-0.2, 0) is 11.3 Å². The number of nitrogens with zero attached hydrogens (tertiary/aromatic N) is 2. The van der Waals surface area contributed by atoms with E-state index in [0.717, 1.165) is 21.2 Å². The number of carbonyl (C=O) groups is 1. The lowest BCUT2D eigenvalue weighted by atomic mass is 10.1. The molecule has 0 saturated carbocycles. The van der Waals surface area contributed by atoms with Gasteiger partial charge >= 0.3 is 0 Å². The van der Waals surface area contributed by atoms with Crippen LogP contribution in [0.15, 0.2) is 51.5 Å². The molecule has 0 aliphatic rings. The van der Waals surface area contributed by atoms with Crippen molar-refractivity contribution in [3.05, 3.63) is 64.0 Å². The summed E-state index contributed by atoms with van der Waals surface area (Å²) >= 11 is 3.41. The molecule has 3 aromatic rings. The third-order valence-corrected chi connectivity index (χ3v) is 4.34. The summed E-state index contributed by atoms with van der Waals surface area (Å²) in [6.07, 6.45) is -0.640. The first kappa shape index (κ1) is 19.1. The lowest BCUT2D eigenvalue weighted by Gasteiger charge is -2.15. The van der Waals surface area contributed by atoms with E-state index in [0.29, 0.717) is 17.5 Å². The molecule has 1 aromatic heterocycles. The molecule has 0 bridgehead atoms.